The molecule has 200 valence electrons. The fourth-order valence-electron chi connectivity index (χ4n) is 4.30. The van der Waals surface area contributed by atoms with Gasteiger partial charge in [0.05, 0.1) is 5.56 Å². The van der Waals surface area contributed by atoms with E-state index in [0.717, 1.165) is 28.3 Å². The van der Waals surface area contributed by atoms with Crippen molar-refractivity contribution in [2.45, 2.75) is 45.5 Å². The van der Waals surface area contributed by atoms with E-state index in [2.05, 4.69) is 5.32 Å². The standard InChI is InChI=1S/C30H30F3NO4/c1-4-29(3,28(35)36)34-18-20-8-12-25(30(31,32)33)23(16-20)10-9-21-6-5-7-24(19(21)2)22-11-13-26-27(17-22)38-15-14-37-26/h5-13,16-17,34H,4,14-15,18H2,1-3H3,(H,35,36)/b10-9+. The maximum Gasteiger partial charge on any atom is 0.416 e. The van der Waals surface area contributed by atoms with Gasteiger partial charge in [0.15, 0.2) is 11.5 Å². The molecule has 0 radical (unpaired) electrons. The Kier molecular flexibility index (Phi) is 7.83. The van der Waals surface area contributed by atoms with E-state index in [1.54, 1.807) is 19.9 Å². The molecule has 1 unspecified atom stereocenters. The second kappa shape index (κ2) is 10.9. The van der Waals surface area contributed by atoms with Gasteiger partial charge in [0.1, 0.15) is 18.8 Å². The smallest absolute Gasteiger partial charge is 0.416 e. The molecule has 0 aromatic heterocycles. The number of ether oxygens (including phenoxy) is 2. The number of hydrogen-bond donors (Lipinski definition) is 2. The molecule has 1 heterocycles. The molecule has 4 rings (SSSR count). The monoisotopic (exact) mass is 525 g/mol. The normalized spacial score (nSPS) is 14.9. The molecule has 0 spiro atoms. The van der Waals surface area contributed by atoms with Crippen LogP contribution in [0.4, 0.5) is 13.2 Å². The van der Waals surface area contributed by atoms with E-state index in [9.17, 15) is 23.1 Å². The van der Waals surface area contributed by atoms with Crippen molar-refractivity contribution in [2.24, 2.45) is 0 Å². The Hall–Kier alpha value is -3.78. The number of carboxylic acid groups (broad SMARTS) is 1. The van der Waals surface area contributed by atoms with Gasteiger partial charge in [0, 0.05) is 6.54 Å². The van der Waals surface area contributed by atoms with Gasteiger partial charge in [-0.25, -0.2) is 0 Å². The number of aliphatic carboxylic acids is 1. The molecular formula is C30H30F3NO4. The molecule has 0 saturated carbocycles. The topological polar surface area (TPSA) is 67.8 Å². The minimum Gasteiger partial charge on any atom is -0.486 e. The number of rotatable bonds is 8. The van der Waals surface area contributed by atoms with Gasteiger partial charge in [-0.15, -0.1) is 0 Å². The van der Waals surface area contributed by atoms with Crippen LogP contribution in [0.2, 0.25) is 0 Å². The van der Waals surface area contributed by atoms with Crippen molar-refractivity contribution in [2.75, 3.05) is 13.2 Å². The molecule has 1 atom stereocenters. The number of benzene rings is 3. The van der Waals surface area contributed by atoms with E-state index in [1.807, 2.05) is 43.3 Å². The minimum absolute atomic E-state index is 0.00876. The number of alkyl halides is 3. The molecule has 1 aliphatic heterocycles. The van der Waals surface area contributed by atoms with Gasteiger partial charge >= 0.3 is 12.1 Å². The summed E-state index contributed by atoms with van der Waals surface area (Å²) in [6.07, 6.45) is -1.08. The lowest BCUT2D eigenvalue weighted by Crippen LogP contribution is -2.48. The molecule has 0 amide bonds. The number of carboxylic acids is 1. The first-order chi connectivity index (χ1) is 18.0. The van der Waals surface area contributed by atoms with Crippen molar-refractivity contribution in [3.8, 4) is 22.6 Å². The molecule has 8 heteroatoms. The quantitative estimate of drug-likeness (QED) is 0.311. The highest BCUT2D eigenvalue weighted by Gasteiger charge is 2.33. The van der Waals surface area contributed by atoms with E-state index < -0.39 is 23.2 Å². The molecule has 2 N–H and O–H groups in total. The second-order valence-corrected chi connectivity index (χ2v) is 9.48. The number of halogens is 3. The van der Waals surface area contributed by atoms with E-state index in [4.69, 9.17) is 9.47 Å². The van der Waals surface area contributed by atoms with Crippen LogP contribution in [0.3, 0.4) is 0 Å². The molecule has 5 nitrogen and oxygen atoms in total. The Morgan fingerprint density at radius 3 is 2.39 bits per heavy atom. The summed E-state index contributed by atoms with van der Waals surface area (Å²) in [7, 11) is 0. The van der Waals surface area contributed by atoms with Crippen molar-refractivity contribution < 1.29 is 32.5 Å². The van der Waals surface area contributed by atoms with Gasteiger partial charge in [-0.2, -0.15) is 13.2 Å². The third-order valence-electron chi connectivity index (χ3n) is 6.95. The van der Waals surface area contributed by atoms with Gasteiger partial charge in [-0.1, -0.05) is 49.4 Å². The summed E-state index contributed by atoms with van der Waals surface area (Å²) in [6.45, 7) is 6.31. The van der Waals surface area contributed by atoms with Crippen molar-refractivity contribution in [3.63, 3.8) is 0 Å². The van der Waals surface area contributed by atoms with Crippen LogP contribution in [-0.4, -0.2) is 29.8 Å². The summed E-state index contributed by atoms with van der Waals surface area (Å²) in [4.78, 5) is 11.6. The van der Waals surface area contributed by atoms with Crippen molar-refractivity contribution in [1.29, 1.82) is 0 Å². The Bertz CT molecular complexity index is 1370. The number of hydrogen-bond acceptors (Lipinski definition) is 4. The van der Waals surface area contributed by atoms with E-state index >= 15 is 0 Å². The van der Waals surface area contributed by atoms with Crippen LogP contribution in [0.5, 0.6) is 11.5 Å². The van der Waals surface area contributed by atoms with Crippen LogP contribution in [0.25, 0.3) is 23.3 Å². The average molecular weight is 526 g/mol. The number of nitrogens with one attached hydrogen (secondary N) is 1. The fraction of sp³-hybridized carbons (Fsp3) is 0.300. The van der Waals surface area contributed by atoms with Crippen molar-refractivity contribution in [1.82, 2.24) is 5.32 Å². The van der Waals surface area contributed by atoms with Gasteiger partial charge in [0.25, 0.3) is 0 Å². The number of fused-ring (bicyclic) bond motifs is 1. The summed E-state index contributed by atoms with van der Waals surface area (Å²) < 4.78 is 52.7. The minimum atomic E-state index is -4.53. The lowest BCUT2D eigenvalue weighted by atomic mass is 9.95. The second-order valence-electron chi connectivity index (χ2n) is 9.48. The molecular weight excluding hydrogens is 495 g/mol. The average Bonchev–Trinajstić information content (AvgIpc) is 2.90. The zero-order valence-electron chi connectivity index (χ0n) is 21.5. The molecule has 38 heavy (non-hydrogen) atoms. The fourth-order valence-corrected chi connectivity index (χ4v) is 4.30. The van der Waals surface area contributed by atoms with Gasteiger partial charge in [-0.3, -0.25) is 10.1 Å². The largest absolute Gasteiger partial charge is 0.486 e. The lowest BCUT2D eigenvalue weighted by molar-refractivity contribution is -0.144. The Morgan fingerprint density at radius 2 is 1.71 bits per heavy atom. The third kappa shape index (κ3) is 5.86. The van der Waals surface area contributed by atoms with E-state index in [-0.39, 0.29) is 12.1 Å². The maximum atomic E-state index is 13.8. The van der Waals surface area contributed by atoms with Crippen LogP contribution in [0.15, 0.2) is 54.6 Å². The molecule has 3 aromatic carbocycles. The SMILES string of the molecule is CCC(C)(NCc1ccc(C(F)(F)F)c(/C=C/c2cccc(-c3ccc4c(c3)OCCO4)c2C)c1)C(=O)O. The van der Waals surface area contributed by atoms with Crippen LogP contribution in [0, 0.1) is 6.92 Å². The van der Waals surface area contributed by atoms with Crippen LogP contribution < -0.4 is 14.8 Å². The van der Waals surface area contributed by atoms with E-state index in [0.29, 0.717) is 36.7 Å². The summed E-state index contributed by atoms with van der Waals surface area (Å²) in [5.41, 5.74) is 2.17. The summed E-state index contributed by atoms with van der Waals surface area (Å²) in [6, 6.07) is 15.2. The molecule has 3 aromatic rings. The van der Waals surface area contributed by atoms with Crippen molar-refractivity contribution in [3.05, 3.63) is 82.4 Å². The van der Waals surface area contributed by atoms with Gasteiger partial charge in [0.2, 0.25) is 0 Å². The highest BCUT2D eigenvalue weighted by Crippen LogP contribution is 2.37. The van der Waals surface area contributed by atoms with Crippen LogP contribution >= 0.6 is 0 Å². The van der Waals surface area contributed by atoms with Gasteiger partial charge in [-0.05, 0) is 77.9 Å². The molecule has 1 aliphatic rings. The molecule has 0 bridgehead atoms. The predicted octanol–water partition coefficient (Wildman–Crippen LogP) is 6.97. The highest BCUT2D eigenvalue weighted by molar-refractivity contribution is 5.79. The summed E-state index contributed by atoms with van der Waals surface area (Å²) in [5.74, 6) is 0.335. The summed E-state index contributed by atoms with van der Waals surface area (Å²) >= 11 is 0. The highest BCUT2D eigenvalue weighted by atomic mass is 19.4. The zero-order chi connectivity index (χ0) is 27.5. The van der Waals surface area contributed by atoms with Crippen LogP contribution in [-0.2, 0) is 17.5 Å². The first kappa shape index (κ1) is 27.3. The Morgan fingerprint density at radius 1 is 1.00 bits per heavy atom. The number of carbonyl (C=O) groups is 1. The first-order valence-corrected chi connectivity index (χ1v) is 12.4. The maximum absolute atomic E-state index is 13.8. The van der Waals surface area contributed by atoms with E-state index in [1.165, 1.54) is 18.2 Å². The first-order valence-electron chi connectivity index (χ1n) is 12.4. The van der Waals surface area contributed by atoms with Crippen molar-refractivity contribution >= 4 is 18.1 Å². The molecule has 0 saturated heterocycles. The lowest BCUT2D eigenvalue weighted by Gasteiger charge is -2.25. The van der Waals surface area contributed by atoms with Gasteiger partial charge < -0.3 is 14.6 Å². The molecule has 0 aliphatic carbocycles. The third-order valence-corrected chi connectivity index (χ3v) is 6.95. The Labute approximate surface area is 219 Å². The predicted molar refractivity (Wildman–Crippen MR) is 141 cm³/mol. The molecule has 0 fully saturated rings. The summed E-state index contributed by atoms with van der Waals surface area (Å²) in [5, 5.41) is 12.4. The van der Waals surface area contributed by atoms with Crippen LogP contribution in [0.1, 0.15) is 48.1 Å². The zero-order valence-corrected chi connectivity index (χ0v) is 21.5. The Balaban J connectivity index is 1.65.